The third-order valence-electron chi connectivity index (χ3n) is 5.34. The monoisotopic (exact) mass is 437 g/mol. The fourth-order valence-corrected chi connectivity index (χ4v) is 3.67. The van der Waals surface area contributed by atoms with Gasteiger partial charge < -0.3 is 19.0 Å². The zero-order chi connectivity index (χ0) is 23.3. The molecular weight excluding hydrogens is 410 g/mol. The zero-order valence-electron chi connectivity index (χ0n) is 18.7. The summed E-state index contributed by atoms with van der Waals surface area (Å²) in [6.45, 7) is 7.32. The minimum atomic E-state index is -0.792. The summed E-state index contributed by atoms with van der Waals surface area (Å²) in [5.41, 5.74) is 2.50. The molecule has 8 nitrogen and oxygen atoms in total. The van der Waals surface area contributed by atoms with Gasteiger partial charge in [0.1, 0.15) is 5.69 Å². The molecule has 0 fully saturated rings. The number of ether oxygens (including phenoxy) is 1. The summed E-state index contributed by atoms with van der Waals surface area (Å²) in [6.07, 6.45) is 3.58. The van der Waals surface area contributed by atoms with Crippen LogP contribution in [0.25, 0.3) is 0 Å². The number of esters is 1. The first kappa shape index (κ1) is 23.0. The molecule has 3 aromatic heterocycles. The minimum Gasteiger partial charge on any atom is -0.461 e. The van der Waals surface area contributed by atoms with Crippen LogP contribution in [0.3, 0.4) is 0 Å². The molecule has 1 N–H and O–H groups in total. The number of Topliss-reactive ketones (excluding diaryl/α,β-unsaturated/α-hetero) is 1. The van der Waals surface area contributed by atoms with Crippen molar-refractivity contribution in [3.63, 3.8) is 0 Å². The van der Waals surface area contributed by atoms with E-state index in [0.29, 0.717) is 23.2 Å². The average Bonchev–Trinajstić information content (AvgIpc) is 3.42. The number of ketones is 1. The fraction of sp³-hybridized carbons (Fsp3) is 0.333. The Bertz CT molecular complexity index is 1090. The molecule has 168 valence electrons. The van der Waals surface area contributed by atoms with Gasteiger partial charge >= 0.3 is 5.97 Å². The third kappa shape index (κ3) is 4.80. The molecule has 3 aromatic rings. The largest absolute Gasteiger partial charge is 0.461 e. The summed E-state index contributed by atoms with van der Waals surface area (Å²) in [5.74, 6) is -1.02. The van der Waals surface area contributed by atoms with Crippen LogP contribution in [0.4, 0.5) is 0 Å². The highest BCUT2D eigenvalue weighted by Crippen LogP contribution is 2.23. The molecule has 0 saturated heterocycles. The number of hydrogen-bond acceptors (Lipinski definition) is 6. The van der Waals surface area contributed by atoms with Gasteiger partial charge in [-0.15, -0.1) is 0 Å². The lowest BCUT2D eigenvalue weighted by Crippen LogP contribution is -2.44. The Hall–Kier alpha value is -3.68. The molecule has 1 amide bonds. The van der Waals surface area contributed by atoms with Crippen molar-refractivity contribution in [3.8, 4) is 0 Å². The van der Waals surface area contributed by atoms with Crippen LogP contribution in [0.5, 0.6) is 0 Å². The molecule has 0 radical (unpaired) electrons. The van der Waals surface area contributed by atoms with Crippen LogP contribution in [0.15, 0.2) is 47.2 Å². The Labute approximate surface area is 186 Å². The second kappa shape index (κ2) is 10.1. The summed E-state index contributed by atoms with van der Waals surface area (Å²) >= 11 is 0. The molecule has 0 aliphatic carbocycles. The van der Waals surface area contributed by atoms with E-state index in [4.69, 9.17) is 9.15 Å². The number of carbonyl (C=O) groups is 3. The number of aromatic amines is 1. The molecule has 0 aliphatic rings. The molecule has 0 bridgehead atoms. The molecule has 0 aliphatic heterocycles. The number of hydrogen-bond donors (Lipinski definition) is 1. The lowest BCUT2D eigenvalue weighted by Gasteiger charge is -2.28. The van der Waals surface area contributed by atoms with Crippen molar-refractivity contribution in [2.75, 3.05) is 13.2 Å². The number of carbonyl (C=O) groups excluding carboxylic acids is 3. The quantitative estimate of drug-likeness (QED) is 0.404. The highest BCUT2D eigenvalue weighted by Gasteiger charge is 2.32. The van der Waals surface area contributed by atoms with Gasteiger partial charge in [0.25, 0.3) is 5.91 Å². The molecule has 0 unspecified atom stereocenters. The Balaban J connectivity index is 1.90. The molecule has 3 heterocycles. The maximum absolute atomic E-state index is 13.5. The van der Waals surface area contributed by atoms with Gasteiger partial charge in [0.05, 0.1) is 18.9 Å². The van der Waals surface area contributed by atoms with Gasteiger partial charge in [0.2, 0.25) is 0 Å². The van der Waals surface area contributed by atoms with Crippen molar-refractivity contribution in [1.82, 2.24) is 14.9 Å². The number of nitrogens with zero attached hydrogens (tertiary/aromatic N) is 2. The number of aryl methyl sites for hydroxylation is 1. The van der Waals surface area contributed by atoms with E-state index in [1.807, 2.05) is 18.2 Å². The normalized spacial score (nSPS) is 11.8. The molecule has 0 spiro atoms. The first-order chi connectivity index (χ1) is 15.3. The van der Waals surface area contributed by atoms with Gasteiger partial charge in [-0.2, -0.15) is 0 Å². The summed E-state index contributed by atoms with van der Waals surface area (Å²) < 4.78 is 10.4. The van der Waals surface area contributed by atoms with Crippen LogP contribution >= 0.6 is 0 Å². The molecule has 0 saturated carbocycles. The molecule has 0 aromatic carbocycles. The minimum absolute atomic E-state index is 0.153. The standard InChI is InChI=1S/C24H27N3O5/c1-5-31-24(30)21-15(2)20(16(3)26-21)22(28)17(4)27(23(29)19-10-8-14-32-19)13-11-18-9-6-7-12-25-18/h6-10,12,14,17,26H,5,11,13H2,1-4H3/t17-/m0/s1. The predicted octanol–water partition coefficient (Wildman–Crippen LogP) is 3.75. The van der Waals surface area contributed by atoms with E-state index in [2.05, 4.69) is 9.97 Å². The topological polar surface area (TPSA) is 106 Å². The van der Waals surface area contributed by atoms with Gasteiger partial charge in [-0.25, -0.2) is 4.79 Å². The predicted molar refractivity (Wildman–Crippen MR) is 118 cm³/mol. The number of rotatable bonds is 9. The second-order valence-corrected chi connectivity index (χ2v) is 7.43. The average molecular weight is 437 g/mol. The van der Waals surface area contributed by atoms with Crippen LogP contribution in [-0.2, 0) is 11.2 Å². The van der Waals surface area contributed by atoms with Crippen LogP contribution in [0.2, 0.25) is 0 Å². The number of pyridine rings is 1. The molecular formula is C24H27N3O5. The van der Waals surface area contributed by atoms with Crippen LogP contribution in [-0.4, -0.2) is 51.7 Å². The number of furan rings is 1. The first-order valence-electron chi connectivity index (χ1n) is 10.5. The molecule has 32 heavy (non-hydrogen) atoms. The summed E-state index contributed by atoms with van der Waals surface area (Å²) in [7, 11) is 0. The van der Waals surface area contributed by atoms with Crippen LogP contribution in [0.1, 0.15) is 62.2 Å². The van der Waals surface area contributed by atoms with Crippen LogP contribution < -0.4 is 0 Å². The van der Waals surface area contributed by atoms with Gasteiger partial charge in [0.15, 0.2) is 11.5 Å². The van der Waals surface area contributed by atoms with Crippen molar-refractivity contribution in [3.05, 3.63) is 76.8 Å². The summed E-state index contributed by atoms with van der Waals surface area (Å²) in [6, 6.07) is 7.97. The lowest BCUT2D eigenvalue weighted by molar-refractivity contribution is 0.0518. The maximum atomic E-state index is 13.5. The summed E-state index contributed by atoms with van der Waals surface area (Å²) in [4.78, 5) is 47.6. The highest BCUT2D eigenvalue weighted by atomic mass is 16.5. The highest BCUT2D eigenvalue weighted by molar-refractivity contribution is 6.07. The first-order valence-corrected chi connectivity index (χ1v) is 10.5. The Morgan fingerprint density at radius 1 is 1.19 bits per heavy atom. The number of amides is 1. The van der Waals surface area contributed by atoms with E-state index in [-0.39, 0.29) is 36.3 Å². The molecule has 3 rings (SSSR count). The smallest absolute Gasteiger partial charge is 0.355 e. The van der Waals surface area contributed by atoms with Crippen molar-refractivity contribution in [1.29, 1.82) is 0 Å². The number of aromatic nitrogens is 2. The van der Waals surface area contributed by atoms with E-state index < -0.39 is 12.0 Å². The van der Waals surface area contributed by atoms with E-state index >= 15 is 0 Å². The van der Waals surface area contributed by atoms with Crippen LogP contribution in [0, 0.1) is 13.8 Å². The third-order valence-corrected chi connectivity index (χ3v) is 5.34. The zero-order valence-corrected chi connectivity index (χ0v) is 18.7. The second-order valence-electron chi connectivity index (χ2n) is 7.43. The van der Waals surface area contributed by atoms with E-state index in [0.717, 1.165) is 5.69 Å². The molecule has 8 heteroatoms. The van der Waals surface area contributed by atoms with Crippen molar-refractivity contribution in [2.24, 2.45) is 0 Å². The lowest BCUT2D eigenvalue weighted by atomic mass is 9.99. The van der Waals surface area contributed by atoms with Crippen molar-refractivity contribution >= 4 is 17.7 Å². The number of nitrogens with one attached hydrogen (secondary N) is 1. The van der Waals surface area contributed by atoms with Gasteiger partial charge in [-0.1, -0.05) is 6.07 Å². The van der Waals surface area contributed by atoms with Crippen molar-refractivity contribution in [2.45, 2.75) is 40.2 Å². The summed E-state index contributed by atoms with van der Waals surface area (Å²) in [5, 5.41) is 0. The van der Waals surface area contributed by atoms with Gasteiger partial charge in [-0.05, 0) is 57.5 Å². The van der Waals surface area contributed by atoms with E-state index in [1.165, 1.54) is 11.2 Å². The fourth-order valence-electron chi connectivity index (χ4n) is 3.67. The SMILES string of the molecule is CCOC(=O)c1[nH]c(C)c(C(=O)[C@H](C)N(CCc2ccccn2)C(=O)c2ccco2)c1C. The maximum Gasteiger partial charge on any atom is 0.355 e. The Morgan fingerprint density at radius 2 is 1.97 bits per heavy atom. The van der Waals surface area contributed by atoms with E-state index in [9.17, 15) is 14.4 Å². The Kier molecular flexibility index (Phi) is 7.25. The molecule has 1 atom stereocenters. The number of H-pyrrole nitrogens is 1. The van der Waals surface area contributed by atoms with E-state index in [1.54, 1.807) is 46.0 Å². The van der Waals surface area contributed by atoms with Crippen molar-refractivity contribution < 1.29 is 23.5 Å². The van der Waals surface area contributed by atoms with Gasteiger partial charge in [-0.3, -0.25) is 14.6 Å². The Morgan fingerprint density at radius 3 is 2.59 bits per heavy atom. The van der Waals surface area contributed by atoms with Gasteiger partial charge in [0, 0.05) is 36.1 Å².